The Morgan fingerprint density at radius 1 is 0.889 bits per heavy atom. The first-order valence-electron chi connectivity index (χ1n) is 11.9. The predicted molar refractivity (Wildman–Crippen MR) is 150 cm³/mol. The van der Waals surface area contributed by atoms with E-state index in [1.54, 1.807) is 0 Å². The molecule has 1 aliphatic heterocycles. The molecule has 0 aliphatic carbocycles. The van der Waals surface area contributed by atoms with Crippen molar-refractivity contribution in [1.82, 2.24) is 14.9 Å². The molecule has 2 N–H and O–H groups in total. The Morgan fingerprint density at radius 3 is 2.33 bits per heavy atom. The van der Waals surface area contributed by atoms with E-state index in [9.17, 15) is 4.79 Å². The van der Waals surface area contributed by atoms with E-state index in [1.807, 2.05) is 74.6 Å². The minimum atomic E-state index is -0.282. The van der Waals surface area contributed by atoms with Gasteiger partial charge in [0.15, 0.2) is 0 Å². The number of amides is 2. The lowest BCUT2D eigenvalue weighted by molar-refractivity contribution is 0.262. The topological polar surface area (TPSA) is 73.4 Å². The van der Waals surface area contributed by atoms with Gasteiger partial charge in [0.25, 0.3) is 0 Å². The standard InChI is InChI=1S/C28H30N6O.ClH/c1-19-17-21(7-9-23(19)26-6-4-5-20(2)30-26)31-28(35)32-22-8-10-25-24(18-22)27(11-12-29-25)34-15-13-33(3)14-16-34;/h4-12,17-18H,13-16H2,1-3H3,(H2,31,32,35);1H. The zero-order valence-electron chi connectivity index (χ0n) is 20.8. The highest BCUT2D eigenvalue weighted by atomic mass is 35.5. The van der Waals surface area contributed by atoms with Crippen LogP contribution in [0.2, 0.25) is 0 Å². The van der Waals surface area contributed by atoms with Crippen molar-refractivity contribution in [3.05, 3.63) is 78.1 Å². The number of anilines is 3. The number of fused-ring (bicyclic) bond motifs is 1. The Kier molecular flexibility index (Phi) is 7.72. The number of carbonyl (C=O) groups excluding carboxylic acids is 1. The van der Waals surface area contributed by atoms with Gasteiger partial charge in [0.05, 0.1) is 11.2 Å². The summed E-state index contributed by atoms with van der Waals surface area (Å²) in [5.74, 6) is 0. The van der Waals surface area contributed by atoms with Crippen LogP contribution in [0, 0.1) is 13.8 Å². The maximum absolute atomic E-state index is 12.8. The van der Waals surface area contributed by atoms with E-state index in [0.717, 1.165) is 76.7 Å². The van der Waals surface area contributed by atoms with E-state index in [2.05, 4.69) is 43.5 Å². The Hall–Kier alpha value is -3.68. The summed E-state index contributed by atoms with van der Waals surface area (Å²) in [6.45, 7) is 8.02. The van der Waals surface area contributed by atoms with Crippen molar-refractivity contribution in [2.24, 2.45) is 0 Å². The molecule has 4 aromatic rings. The first-order valence-corrected chi connectivity index (χ1v) is 11.9. The molecule has 8 heteroatoms. The highest BCUT2D eigenvalue weighted by Gasteiger charge is 2.17. The molecule has 1 saturated heterocycles. The largest absolute Gasteiger partial charge is 0.368 e. The van der Waals surface area contributed by atoms with E-state index in [0.29, 0.717) is 0 Å². The molecule has 2 amide bonds. The fourth-order valence-electron chi connectivity index (χ4n) is 4.55. The van der Waals surface area contributed by atoms with Crippen LogP contribution >= 0.6 is 12.4 Å². The number of aromatic nitrogens is 2. The zero-order valence-corrected chi connectivity index (χ0v) is 21.6. The maximum Gasteiger partial charge on any atom is 0.323 e. The number of pyridine rings is 2. The summed E-state index contributed by atoms with van der Waals surface area (Å²) in [5, 5.41) is 6.97. The van der Waals surface area contributed by atoms with Gasteiger partial charge in [0, 0.05) is 66.1 Å². The van der Waals surface area contributed by atoms with Crippen LogP contribution in [0.5, 0.6) is 0 Å². The molecule has 0 spiro atoms. The fraction of sp³-hybridized carbons (Fsp3) is 0.250. The molecule has 0 atom stereocenters. The number of benzene rings is 2. The molecule has 0 radical (unpaired) electrons. The summed E-state index contributed by atoms with van der Waals surface area (Å²) < 4.78 is 0. The lowest BCUT2D eigenvalue weighted by atomic mass is 10.0. The maximum atomic E-state index is 12.8. The first kappa shape index (κ1) is 25.4. The molecule has 36 heavy (non-hydrogen) atoms. The molecule has 7 nitrogen and oxygen atoms in total. The van der Waals surface area contributed by atoms with Gasteiger partial charge in [-0.1, -0.05) is 12.1 Å². The number of halogens is 1. The lowest BCUT2D eigenvalue weighted by Gasteiger charge is -2.34. The molecule has 2 aromatic heterocycles. The second-order valence-electron chi connectivity index (χ2n) is 9.13. The van der Waals surface area contributed by atoms with Crippen LogP contribution in [-0.2, 0) is 0 Å². The predicted octanol–water partition coefficient (Wildman–Crippen LogP) is 5.73. The van der Waals surface area contributed by atoms with E-state index in [-0.39, 0.29) is 18.4 Å². The number of piperazine rings is 1. The highest BCUT2D eigenvalue weighted by molar-refractivity contribution is 6.02. The van der Waals surface area contributed by atoms with Crippen molar-refractivity contribution < 1.29 is 4.79 Å². The molecular weight excluding hydrogens is 472 g/mol. The summed E-state index contributed by atoms with van der Waals surface area (Å²) >= 11 is 0. The van der Waals surface area contributed by atoms with Crippen LogP contribution in [-0.4, -0.2) is 54.1 Å². The average Bonchev–Trinajstić information content (AvgIpc) is 2.84. The Labute approximate surface area is 218 Å². The van der Waals surface area contributed by atoms with E-state index >= 15 is 0 Å². The summed E-state index contributed by atoms with van der Waals surface area (Å²) in [6, 6.07) is 19.5. The smallest absolute Gasteiger partial charge is 0.323 e. The van der Waals surface area contributed by atoms with Gasteiger partial charge in [-0.15, -0.1) is 12.4 Å². The molecule has 0 unspecified atom stereocenters. The summed E-state index contributed by atoms with van der Waals surface area (Å²) in [5.41, 5.74) is 7.55. The van der Waals surface area contributed by atoms with Gasteiger partial charge >= 0.3 is 6.03 Å². The van der Waals surface area contributed by atoms with Crippen LogP contribution in [0.4, 0.5) is 21.9 Å². The molecule has 2 aromatic carbocycles. The van der Waals surface area contributed by atoms with Crippen molar-refractivity contribution >= 4 is 46.4 Å². The fourth-order valence-corrected chi connectivity index (χ4v) is 4.55. The van der Waals surface area contributed by atoms with Crippen LogP contribution in [0.15, 0.2) is 66.9 Å². The third-order valence-electron chi connectivity index (χ3n) is 6.47. The van der Waals surface area contributed by atoms with Crippen molar-refractivity contribution in [1.29, 1.82) is 0 Å². The number of hydrogen-bond donors (Lipinski definition) is 2. The first-order chi connectivity index (χ1) is 17.0. The number of rotatable bonds is 4. The van der Waals surface area contributed by atoms with Crippen LogP contribution < -0.4 is 15.5 Å². The summed E-state index contributed by atoms with van der Waals surface area (Å²) in [6.07, 6.45) is 1.86. The van der Waals surface area contributed by atoms with Gasteiger partial charge in [-0.2, -0.15) is 0 Å². The highest BCUT2D eigenvalue weighted by Crippen LogP contribution is 2.29. The average molecular weight is 503 g/mol. The Bertz CT molecular complexity index is 1380. The molecule has 0 bridgehead atoms. The number of nitrogens with one attached hydrogen (secondary N) is 2. The molecule has 186 valence electrons. The molecule has 3 heterocycles. The molecule has 5 rings (SSSR count). The third-order valence-corrected chi connectivity index (χ3v) is 6.47. The lowest BCUT2D eigenvalue weighted by Crippen LogP contribution is -2.44. The van der Waals surface area contributed by atoms with Crippen LogP contribution in [0.3, 0.4) is 0 Å². The SMILES string of the molecule is Cc1cccc(-c2ccc(NC(=O)Nc3ccc4nccc(N5CCN(C)CC5)c4c3)cc2C)n1.Cl. The second-order valence-corrected chi connectivity index (χ2v) is 9.13. The third kappa shape index (κ3) is 5.58. The van der Waals surface area contributed by atoms with Gasteiger partial charge in [0.1, 0.15) is 0 Å². The van der Waals surface area contributed by atoms with E-state index < -0.39 is 0 Å². The number of carbonyl (C=O) groups is 1. The minimum absolute atomic E-state index is 0. The zero-order chi connectivity index (χ0) is 24.4. The Balaban J connectivity index is 0.00000304. The number of nitrogens with zero attached hydrogens (tertiary/aromatic N) is 4. The summed E-state index contributed by atoms with van der Waals surface area (Å²) in [7, 11) is 2.15. The Morgan fingerprint density at radius 2 is 1.61 bits per heavy atom. The monoisotopic (exact) mass is 502 g/mol. The number of likely N-dealkylation sites (N-methyl/N-ethyl adjacent to an activating group) is 1. The van der Waals surface area contributed by atoms with Gasteiger partial charge in [-0.25, -0.2) is 4.79 Å². The molecule has 1 fully saturated rings. The van der Waals surface area contributed by atoms with E-state index in [1.165, 1.54) is 0 Å². The van der Waals surface area contributed by atoms with Gasteiger partial charge < -0.3 is 20.4 Å². The van der Waals surface area contributed by atoms with E-state index in [4.69, 9.17) is 0 Å². The number of aryl methyl sites for hydroxylation is 2. The van der Waals surface area contributed by atoms with Crippen molar-refractivity contribution in [2.45, 2.75) is 13.8 Å². The molecule has 0 saturated carbocycles. The second kappa shape index (κ2) is 10.9. The van der Waals surface area contributed by atoms with Crippen LogP contribution in [0.1, 0.15) is 11.3 Å². The summed E-state index contributed by atoms with van der Waals surface area (Å²) in [4.78, 5) is 26.6. The molecular formula is C28H31ClN6O. The minimum Gasteiger partial charge on any atom is -0.368 e. The number of hydrogen-bond acceptors (Lipinski definition) is 5. The van der Waals surface area contributed by atoms with Gasteiger partial charge in [0.2, 0.25) is 0 Å². The quantitative estimate of drug-likeness (QED) is 0.372. The normalized spacial score (nSPS) is 13.8. The van der Waals surface area contributed by atoms with Gasteiger partial charge in [-0.3, -0.25) is 9.97 Å². The van der Waals surface area contributed by atoms with Crippen molar-refractivity contribution in [3.63, 3.8) is 0 Å². The van der Waals surface area contributed by atoms with Crippen molar-refractivity contribution in [2.75, 3.05) is 48.8 Å². The van der Waals surface area contributed by atoms with Crippen LogP contribution in [0.25, 0.3) is 22.2 Å². The molecule has 1 aliphatic rings. The van der Waals surface area contributed by atoms with Gasteiger partial charge in [-0.05, 0) is 75.0 Å². The number of urea groups is 1. The van der Waals surface area contributed by atoms with Crippen molar-refractivity contribution in [3.8, 4) is 11.3 Å².